The van der Waals surface area contributed by atoms with Crippen LogP contribution >= 0.6 is 23.2 Å². The molecule has 0 bridgehead atoms. The van der Waals surface area contributed by atoms with Gasteiger partial charge in [-0.15, -0.1) is 23.2 Å². The van der Waals surface area contributed by atoms with E-state index in [1.165, 1.54) is 19.1 Å². The fourth-order valence-electron chi connectivity index (χ4n) is 1.89. The number of halogens is 2. The molecule has 1 aliphatic carbocycles. The number of hydrogen-bond donors (Lipinski definition) is 2. The summed E-state index contributed by atoms with van der Waals surface area (Å²) in [6, 6.07) is 0. The molecule has 4 nitrogen and oxygen atoms in total. The maximum Gasteiger partial charge on any atom is 0.313 e. The second-order valence-electron chi connectivity index (χ2n) is 4.27. The second kappa shape index (κ2) is 4.26. The first kappa shape index (κ1) is 13.3. The van der Waals surface area contributed by atoms with Crippen molar-refractivity contribution in [1.82, 2.24) is 0 Å². The van der Waals surface area contributed by atoms with Crippen molar-refractivity contribution in [2.24, 2.45) is 10.8 Å². The number of rotatable bonds is 3. The standard InChI is InChI=1S/C10H12Cl2O4/c1-9(7(13)14)3-2-4-10(5-9,6(11)12)8(15)16/h2-3,6H,4-5H2,1H3,(H,13,14)(H,15,16). The average Bonchev–Trinajstić information content (AvgIpc) is 2.16. The lowest BCUT2D eigenvalue weighted by Crippen LogP contribution is -2.45. The maximum absolute atomic E-state index is 11.2. The highest BCUT2D eigenvalue weighted by molar-refractivity contribution is 6.45. The zero-order valence-corrected chi connectivity index (χ0v) is 10.1. The quantitative estimate of drug-likeness (QED) is 0.607. The molecule has 2 N–H and O–H groups in total. The largest absolute Gasteiger partial charge is 0.481 e. The van der Waals surface area contributed by atoms with Crippen LogP contribution in [0.25, 0.3) is 0 Å². The van der Waals surface area contributed by atoms with Crippen LogP contribution in [-0.2, 0) is 9.59 Å². The molecule has 2 atom stereocenters. The third kappa shape index (κ3) is 2.04. The lowest BCUT2D eigenvalue weighted by Gasteiger charge is -2.38. The SMILES string of the molecule is CC1(C(=O)O)C=CCC(C(=O)O)(C(Cl)Cl)C1. The molecular weight excluding hydrogens is 255 g/mol. The van der Waals surface area contributed by atoms with Crippen LogP contribution in [0.1, 0.15) is 19.8 Å². The summed E-state index contributed by atoms with van der Waals surface area (Å²) in [5.74, 6) is -2.25. The van der Waals surface area contributed by atoms with Crippen molar-refractivity contribution in [3.05, 3.63) is 12.2 Å². The molecule has 1 aliphatic rings. The van der Waals surface area contributed by atoms with Gasteiger partial charge in [0.05, 0.1) is 5.41 Å². The molecule has 0 aliphatic heterocycles. The first-order chi connectivity index (χ1) is 7.24. The summed E-state index contributed by atoms with van der Waals surface area (Å²) in [5.41, 5.74) is -2.66. The van der Waals surface area contributed by atoms with Crippen LogP contribution in [0.3, 0.4) is 0 Å². The number of carboxylic acid groups (broad SMARTS) is 2. The smallest absolute Gasteiger partial charge is 0.313 e. The normalized spacial score (nSPS) is 34.0. The van der Waals surface area contributed by atoms with Gasteiger partial charge in [-0.1, -0.05) is 12.2 Å². The Kier molecular flexibility index (Phi) is 3.55. The summed E-state index contributed by atoms with van der Waals surface area (Å²) in [6.45, 7) is 1.46. The van der Waals surface area contributed by atoms with Gasteiger partial charge in [-0.05, 0) is 19.8 Å². The highest BCUT2D eigenvalue weighted by Crippen LogP contribution is 2.48. The summed E-state index contributed by atoms with van der Waals surface area (Å²) < 4.78 is 0. The van der Waals surface area contributed by atoms with Gasteiger partial charge in [-0.25, -0.2) is 0 Å². The fourth-order valence-corrected chi connectivity index (χ4v) is 2.40. The van der Waals surface area contributed by atoms with Gasteiger partial charge in [0.15, 0.2) is 0 Å². The number of alkyl halides is 2. The second-order valence-corrected chi connectivity index (χ2v) is 5.36. The molecule has 0 heterocycles. The highest BCUT2D eigenvalue weighted by atomic mass is 35.5. The summed E-state index contributed by atoms with van der Waals surface area (Å²) >= 11 is 11.4. The van der Waals surface area contributed by atoms with Gasteiger partial charge < -0.3 is 10.2 Å². The van der Waals surface area contributed by atoms with Gasteiger partial charge in [-0.2, -0.15) is 0 Å². The molecule has 0 aromatic heterocycles. The number of allylic oxidation sites excluding steroid dienone is 1. The molecule has 0 aromatic carbocycles. The van der Waals surface area contributed by atoms with E-state index in [1.54, 1.807) is 0 Å². The van der Waals surface area contributed by atoms with Crippen LogP contribution < -0.4 is 0 Å². The Balaban J connectivity index is 3.15. The van der Waals surface area contributed by atoms with E-state index in [4.69, 9.17) is 28.3 Å². The zero-order valence-electron chi connectivity index (χ0n) is 8.61. The molecule has 0 spiro atoms. The first-order valence-corrected chi connectivity index (χ1v) is 5.54. The Bertz CT molecular complexity index is 353. The monoisotopic (exact) mass is 266 g/mol. The molecule has 16 heavy (non-hydrogen) atoms. The Hall–Kier alpha value is -0.740. The number of carboxylic acids is 2. The summed E-state index contributed by atoms with van der Waals surface area (Å²) in [7, 11) is 0. The number of hydrogen-bond acceptors (Lipinski definition) is 2. The van der Waals surface area contributed by atoms with Gasteiger partial charge in [0.25, 0.3) is 0 Å². The third-order valence-corrected chi connectivity index (χ3v) is 3.82. The Morgan fingerprint density at radius 3 is 2.25 bits per heavy atom. The molecule has 1 rings (SSSR count). The van der Waals surface area contributed by atoms with Crippen molar-refractivity contribution in [3.63, 3.8) is 0 Å². The van der Waals surface area contributed by atoms with Crippen LogP contribution in [0.15, 0.2) is 12.2 Å². The minimum atomic E-state index is -1.43. The van der Waals surface area contributed by atoms with Crippen LogP contribution in [-0.4, -0.2) is 27.0 Å². The molecule has 0 saturated carbocycles. The van der Waals surface area contributed by atoms with Crippen molar-refractivity contribution in [3.8, 4) is 0 Å². The van der Waals surface area contributed by atoms with Gasteiger partial charge in [0.2, 0.25) is 0 Å². The fraction of sp³-hybridized carbons (Fsp3) is 0.600. The Morgan fingerprint density at radius 2 is 1.88 bits per heavy atom. The molecule has 0 saturated heterocycles. The Labute approximate surface area is 103 Å². The predicted octanol–water partition coefficient (Wildman–Crippen LogP) is 2.30. The average molecular weight is 267 g/mol. The highest BCUT2D eigenvalue weighted by Gasteiger charge is 2.52. The third-order valence-electron chi connectivity index (χ3n) is 2.98. The molecule has 0 aromatic rings. The minimum Gasteiger partial charge on any atom is -0.481 e. The molecule has 0 amide bonds. The van der Waals surface area contributed by atoms with Crippen molar-refractivity contribution >= 4 is 35.1 Å². The topological polar surface area (TPSA) is 74.6 Å². The molecule has 2 unspecified atom stereocenters. The predicted molar refractivity (Wildman–Crippen MR) is 59.7 cm³/mol. The van der Waals surface area contributed by atoms with Gasteiger partial charge in [0.1, 0.15) is 10.3 Å². The van der Waals surface area contributed by atoms with Crippen molar-refractivity contribution in [2.75, 3.05) is 0 Å². The van der Waals surface area contributed by atoms with Crippen molar-refractivity contribution < 1.29 is 19.8 Å². The lowest BCUT2D eigenvalue weighted by molar-refractivity contribution is -0.154. The van der Waals surface area contributed by atoms with Crippen molar-refractivity contribution in [1.29, 1.82) is 0 Å². The van der Waals surface area contributed by atoms with Crippen molar-refractivity contribution in [2.45, 2.75) is 24.6 Å². The van der Waals surface area contributed by atoms with Crippen LogP contribution in [0.2, 0.25) is 0 Å². The summed E-state index contributed by atoms with van der Waals surface area (Å²) in [5, 5.41) is 18.2. The van der Waals surface area contributed by atoms with E-state index in [2.05, 4.69) is 0 Å². The lowest BCUT2D eigenvalue weighted by atomic mass is 9.67. The first-order valence-electron chi connectivity index (χ1n) is 4.67. The van der Waals surface area contributed by atoms with E-state index in [9.17, 15) is 14.7 Å². The van der Waals surface area contributed by atoms with E-state index in [0.29, 0.717) is 0 Å². The van der Waals surface area contributed by atoms with Gasteiger partial charge in [-0.3, -0.25) is 9.59 Å². The maximum atomic E-state index is 11.2. The van der Waals surface area contributed by atoms with E-state index in [1.807, 2.05) is 0 Å². The number of carbonyl (C=O) groups is 2. The van der Waals surface area contributed by atoms with Crippen LogP contribution in [0.5, 0.6) is 0 Å². The molecule has 0 fully saturated rings. The van der Waals surface area contributed by atoms with E-state index in [-0.39, 0.29) is 12.8 Å². The van der Waals surface area contributed by atoms with Gasteiger partial charge >= 0.3 is 11.9 Å². The Morgan fingerprint density at radius 1 is 1.31 bits per heavy atom. The van der Waals surface area contributed by atoms with Gasteiger partial charge in [0, 0.05) is 0 Å². The zero-order chi connectivity index (χ0) is 12.6. The molecule has 90 valence electrons. The minimum absolute atomic E-state index is 0.112. The number of aliphatic carboxylic acids is 2. The summed E-state index contributed by atoms with van der Waals surface area (Å²) in [6.07, 6.45) is 3.04. The molecule has 6 heteroatoms. The van der Waals surface area contributed by atoms with Crippen LogP contribution in [0.4, 0.5) is 0 Å². The van der Waals surface area contributed by atoms with E-state index < -0.39 is 27.6 Å². The van der Waals surface area contributed by atoms with E-state index in [0.717, 1.165) is 0 Å². The van der Waals surface area contributed by atoms with Crippen LogP contribution in [0, 0.1) is 10.8 Å². The molecular formula is C10H12Cl2O4. The molecule has 0 radical (unpaired) electrons. The summed E-state index contributed by atoms with van der Waals surface area (Å²) in [4.78, 5) is 21.2. The van der Waals surface area contributed by atoms with E-state index >= 15 is 0 Å².